The van der Waals surface area contributed by atoms with E-state index in [1.807, 2.05) is 25.1 Å². The number of hydrogen-bond acceptors (Lipinski definition) is 5. The lowest BCUT2D eigenvalue weighted by Crippen LogP contribution is -2.30. The molecule has 0 radical (unpaired) electrons. The van der Waals surface area contributed by atoms with Crippen LogP contribution in [0.15, 0.2) is 48.5 Å². The number of amides is 1. The Kier molecular flexibility index (Phi) is 5.32. The Balaban J connectivity index is 1.43. The van der Waals surface area contributed by atoms with E-state index in [1.165, 1.54) is 11.1 Å². The van der Waals surface area contributed by atoms with Gasteiger partial charge in [-0.05, 0) is 65.9 Å². The lowest BCUT2D eigenvalue weighted by atomic mass is 9.87. The van der Waals surface area contributed by atoms with Crippen molar-refractivity contribution in [1.29, 1.82) is 0 Å². The van der Waals surface area contributed by atoms with Crippen LogP contribution in [0.3, 0.4) is 0 Å². The van der Waals surface area contributed by atoms with Gasteiger partial charge in [0.05, 0.1) is 6.04 Å². The summed E-state index contributed by atoms with van der Waals surface area (Å²) >= 11 is 0. The van der Waals surface area contributed by atoms with Gasteiger partial charge in [-0.2, -0.15) is 0 Å². The van der Waals surface area contributed by atoms with Crippen LogP contribution >= 0.6 is 0 Å². The van der Waals surface area contributed by atoms with Gasteiger partial charge in [0.25, 0.3) is 5.91 Å². The Labute approximate surface area is 163 Å². The molecule has 1 unspecified atom stereocenters. The van der Waals surface area contributed by atoms with Crippen molar-refractivity contribution >= 4 is 5.91 Å². The molecule has 1 aromatic heterocycles. The van der Waals surface area contributed by atoms with Crippen LogP contribution in [0, 0.1) is 0 Å². The molecule has 7 nitrogen and oxygen atoms in total. The fraction of sp³-hybridized carbons (Fsp3) is 0.333. The van der Waals surface area contributed by atoms with E-state index in [0.29, 0.717) is 23.7 Å². The monoisotopic (exact) mass is 377 g/mol. The third-order valence-electron chi connectivity index (χ3n) is 5.04. The van der Waals surface area contributed by atoms with Crippen molar-refractivity contribution in [3.63, 3.8) is 0 Å². The van der Waals surface area contributed by atoms with Crippen LogP contribution in [0.25, 0.3) is 0 Å². The minimum absolute atomic E-state index is 0.0520. The Morgan fingerprint density at radius 1 is 1.25 bits per heavy atom. The van der Waals surface area contributed by atoms with Gasteiger partial charge in [-0.25, -0.2) is 4.68 Å². The molecule has 1 amide bonds. The van der Waals surface area contributed by atoms with E-state index in [0.717, 1.165) is 19.3 Å². The Morgan fingerprint density at radius 2 is 2.14 bits per heavy atom. The summed E-state index contributed by atoms with van der Waals surface area (Å²) in [4.78, 5) is 12.8. The second-order valence-corrected chi connectivity index (χ2v) is 6.84. The maximum atomic E-state index is 12.8. The molecule has 0 aliphatic heterocycles. The van der Waals surface area contributed by atoms with Crippen molar-refractivity contribution in [1.82, 2.24) is 25.5 Å². The number of ether oxygens (including phenoxy) is 1. The lowest BCUT2D eigenvalue weighted by Gasteiger charge is -2.26. The van der Waals surface area contributed by atoms with Crippen LogP contribution in [0.5, 0.6) is 5.75 Å². The lowest BCUT2D eigenvalue weighted by molar-refractivity contribution is 0.0932. The van der Waals surface area contributed by atoms with Gasteiger partial charge in [0.15, 0.2) is 5.82 Å². The van der Waals surface area contributed by atoms with Gasteiger partial charge in [0.2, 0.25) is 0 Å². The zero-order valence-electron chi connectivity index (χ0n) is 15.8. The van der Waals surface area contributed by atoms with Crippen LogP contribution < -0.4 is 10.1 Å². The van der Waals surface area contributed by atoms with E-state index in [2.05, 4.69) is 39.0 Å². The van der Waals surface area contributed by atoms with Crippen molar-refractivity contribution in [2.24, 2.45) is 0 Å². The van der Waals surface area contributed by atoms with Gasteiger partial charge >= 0.3 is 0 Å². The minimum atomic E-state index is -0.0921. The molecule has 1 aliphatic carbocycles. The highest BCUT2D eigenvalue weighted by molar-refractivity contribution is 5.94. The Morgan fingerprint density at radius 3 is 3.04 bits per heavy atom. The quantitative estimate of drug-likeness (QED) is 0.714. The molecule has 1 N–H and O–H groups in total. The largest absolute Gasteiger partial charge is 0.486 e. The molecule has 144 valence electrons. The fourth-order valence-corrected chi connectivity index (χ4v) is 3.59. The second kappa shape index (κ2) is 8.21. The summed E-state index contributed by atoms with van der Waals surface area (Å²) in [5.41, 5.74) is 3.13. The predicted octanol–water partition coefficient (Wildman–Crippen LogP) is 3.08. The molecule has 0 saturated carbocycles. The first-order chi connectivity index (χ1) is 13.7. The van der Waals surface area contributed by atoms with Crippen LogP contribution in [0.4, 0.5) is 0 Å². The highest BCUT2D eigenvalue weighted by atomic mass is 16.5. The van der Waals surface area contributed by atoms with Crippen LogP contribution in [0.2, 0.25) is 0 Å². The molecule has 0 bridgehead atoms. The van der Waals surface area contributed by atoms with Crippen LogP contribution in [0.1, 0.15) is 53.1 Å². The Hall–Kier alpha value is -3.22. The van der Waals surface area contributed by atoms with E-state index in [1.54, 1.807) is 16.8 Å². The van der Waals surface area contributed by atoms with E-state index < -0.39 is 0 Å². The van der Waals surface area contributed by atoms with Gasteiger partial charge in [0.1, 0.15) is 12.4 Å². The molecule has 1 atom stereocenters. The molecule has 1 heterocycles. The number of aromatic nitrogens is 4. The first kappa shape index (κ1) is 18.2. The number of aryl methyl sites for hydroxylation is 2. The first-order valence-electron chi connectivity index (χ1n) is 9.61. The average molecular weight is 377 g/mol. The van der Waals surface area contributed by atoms with E-state index in [4.69, 9.17) is 4.74 Å². The topological polar surface area (TPSA) is 81.9 Å². The fourth-order valence-electron chi connectivity index (χ4n) is 3.59. The second-order valence-electron chi connectivity index (χ2n) is 6.84. The number of nitrogens with zero attached hydrogens (tertiary/aromatic N) is 4. The third kappa shape index (κ3) is 3.88. The maximum Gasteiger partial charge on any atom is 0.251 e. The van der Waals surface area contributed by atoms with E-state index in [9.17, 15) is 4.79 Å². The van der Waals surface area contributed by atoms with Crippen molar-refractivity contribution in [3.8, 4) is 5.75 Å². The van der Waals surface area contributed by atoms with Gasteiger partial charge in [-0.3, -0.25) is 4.79 Å². The zero-order valence-corrected chi connectivity index (χ0v) is 15.8. The minimum Gasteiger partial charge on any atom is -0.486 e. The summed E-state index contributed by atoms with van der Waals surface area (Å²) in [7, 11) is 0. The molecular formula is C21H23N5O2. The number of nitrogens with one attached hydrogen (secondary N) is 1. The molecule has 7 heteroatoms. The molecule has 0 saturated heterocycles. The van der Waals surface area contributed by atoms with Crippen LogP contribution in [-0.2, 0) is 19.6 Å². The highest BCUT2D eigenvalue weighted by Gasteiger charge is 2.22. The molecule has 0 fully saturated rings. The molecule has 4 rings (SSSR count). The zero-order chi connectivity index (χ0) is 19.3. The van der Waals surface area contributed by atoms with Gasteiger partial charge in [-0.15, -0.1) is 5.10 Å². The summed E-state index contributed by atoms with van der Waals surface area (Å²) in [5.74, 6) is 1.17. The number of tetrazole rings is 1. The molecule has 1 aliphatic rings. The normalized spacial score (nSPS) is 15.7. The summed E-state index contributed by atoms with van der Waals surface area (Å²) in [6, 6.07) is 15.6. The molecular weight excluding hydrogens is 354 g/mol. The molecule has 28 heavy (non-hydrogen) atoms. The number of fused-ring (bicyclic) bond motifs is 1. The smallest absolute Gasteiger partial charge is 0.251 e. The number of benzene rings is 2. The van der Waals surface area contributed by atoms with E-state index >= 15 is 0 Å². The summed E-state index contributed by atoms with van der Waals surface area (Å²) in [6.45, 7) is 2.90. The van der Waals surface area contributed by atoms with Crippen molar-refractivity contribution < 1.29 is 9.53 Å². The van der Waals surface area contributed by atoms with Crippen molar-refractivity contribution in [3.05, 3.63) is 71.0 Å². The van der Waals surface area contributed by atoms with Crippen molar-refractivity contribution in [2.45, 2.75) is 45.4 Å². The molecule has 3 aromatic rings. The number of rotatable bonds is 6. The predicted molar refractivity (Wildman–Crippen MR) is 104 cm³/mol. The molecule has 0 spiro atoms. The van der Waals surface area contributed by atoms with Crippen LogP contribution in [-0.4, -0.2) is 26.1 Å². The standard InChI is InChI=1S/C21H23N5O2/c1-2-26-20(23-24-25-26)14-28-17-10-5-9-16(13-17)21(27)22-19-12-6-8-15-7-3-4-11-18(15)19/h3-5,7,9-11,13,19H,2,6,8,12,14H2,1H3,(H,22,27). The van der Waals surface area contributed by atoms with Gasteiger partial charge in [0, 0.05) is 12.1 Å². The SMILES string of the molecule is CCn1nnnc1COc1cccc(C(=O)NC2CCCc3ccccc32)c1. The first-order valence-corrected chi connectivity index (χ1v) is 9.61. The third-order valence-corrected chi connectivity index (χ3v) is 5.04. The highest BCUT2D eigenvalue weighted by Crippen LogP contribution is 2.29. The number of carbonyl (C=O) groups is 1. The summed E-state index contributed by atoms with van der Waals surface area (Å²) in [5, 5.41) is 14.7. The maximum absolute atomic E-state index is 12.8. The van der Waals surface area contributed by atoms with Gasteiger partial charge in [-0.1, -0.05) is 30.3 Å². The Bertz CT molecular complexity index is 969. The molecule has 2 aromatic carbocycles. The average Bonchev–Trinajstić information content (AvgIpc) is 3.20. The van der Waals surface area contributed by atoms with E-state index in [-0.39, 0.29) is 18.6 Å². The summed E-state index contributed by atoms with van der Waals surface area (Å²) < 4.78 is 7.46. The van der Waals surface area contributed by atoms with Gasteiger partial charge < -0.3 is 10.1 Å². The number of hydrogen-bond donors (Lipinski definition) is 1. The number of carbonyl (C=O) groups excluding carboxylic acids is 1. The van der Waals surface area contributed by atoms with Crippen molar-refractivity contribution in [2.75, 3.05) is 0 Å². The summed E-state index contributed by atoms with van der Waals surface area (Å²) in [6.07, 6.45) is 3.11.